The molecular weight excluding hydrogens is 300 g/mol. The third-order valence-corrected chi connectivity index (χ3v) is 5.31. The second kappa shape index (κ2) is 6.30. The van der Waals surface area contributed by atoms with Gasteiger partial charge in [0.25, 0.3) is 0 Å². The fraction of sp³-hybridized carbons (Fsp3) is 0.538. The molecule has 3 N–H and O–H groups in total. The summed E-state index contributed by atoms with van der Waals surface area (Å²) >= 11 is 6.01. The van der Waals surface area contributed by atoms with Crippen molar-refractivity contribution in [2.75, 3.05) is 25.5 Å². The van der Waals surface area contributed by atoms with E-state index in [0.717, 1.165) is 25.0 Å². The van der Waals surface area contributed by atoms with Gasteiger partial charge in [0.15, 0.2) is 0 Å². The first-order valence-corrected chi connectivity index (χ1v) is 8.39. The monoisotopic (exact) mass is 318 g/mol. The third kappa shape index (κ3) is 3.63. The van der Waals surface area contributed by atoms with Gasteiger partial charge in [0.1, 0.15) is 4.90 Å². The van der Waals surface area contributed by atoms with Gasteiger partial charge >= 0.3 is 0 Å². The number of aryl methyl sites for hydroxylation is 1. The van der Waals surface area contributed by atoms with E-state index in [1.165, 1.54) is 6.07 Å². The van der Waals surface area contributed by atoms with Crippen molar-refractivity contribution in [1.29, 1.82) is 0 Å². The molecule has 0 amide bonds. The second-order valence-electron chi connectivity index (χ2n) is 5.07. The van der Waals surface area contributed by atoms with Crippen LogP contribution in [0.1, 0.15) is 18.4 Å². The number of hydrogen-bond donors (Lipinski definition) is 2. The van der Waals surface area contributed by atoms with E-state index in [2.05, 4.69) is 4.72 Å². The van der Waals surface area contributed by atoms with E-state index in [0.29, 0.717) is 18.8 Å². The maximum atomic E-state index is 12.3. The largest absolute Gasteiger partial charge is 0.398 e. The van der Waals surface area contributed by atoms with Gasteiger partial charge < -0.3 is 10.5 Å². The van der Waals surface area contributed by atoms with Crippen molar-refractivity contribution in [3.05, 3.63) is 22.7 Å². The minimum Gasteiger partial charge on any atom is -0.398 e. The number of anilines is 1. The summed E-state index contributed by atoms with van der Waals surface area (Å²) in [5, 5.41) is 0.184. The summed E-state index contributed by atoms with van der Waals surface area (Å²) in [5.41, 5.74) is 6.93. The van der Waals surface area contributed by atoms with Crippen LogP contribution in [-0.2, 0) is 14.8 Å². The van der Waals surface area contributed by atoms with Crippen LogP contribution in [0.4, 0.5) is 5.69 Å². The summed E-state index contributed by atoms with van der Waals surface area (Å²) in [6.45, 7) is 3.48. The van der Waals surface area contributed by atoms with Gasteiger partial charge in [0.05, 0.1) is 11.6 Å². The van der Waals surface area contributed by atoms with E-state index < -0.39 is 10.0 Å². The molecular formula is C13H19ClN2O3S. The molecule has 1 fully saturated rings. The Morgan fingerprint density at radius 1 is 1.50 bits per heavy atom. The molecule has 0 saturated carbocycles. The lowest BCUT2D eigenvalue weighted by molar-refractivity contribution is 0.0568. The van der Waals surface area contributed by atoms with Crippen LogP contribution in [-0.4, -0.2) is 28.2 Å². The van der Waals surface area contributed by atoms with Crippen LogP contribution in [0.25, 0.3) is 0 Å². The summed E-state index contributed by atoms with van der Waals surface area (Å²) in [4.78, 5) is 0.0268. The molecule has 2 rings (SSSR count). The smallest absolute Gasteiger partial charge is 0.242 e. The van der Waals surface area contributed by atoms with Crippen molar-refractivity contribution in [3.8, 4) is 0 Å². The van der Waals surface area contributed by atoms with Crippen molar-refractivity contribution in [3.63, 3.8) is 0 Å². The number of nitrogen functional groups attached to an aromatic ring is 1. The van der Waals surface area contributed by atoms with Crippen LogP contribution in [0.2, 0.25) is 5.02 Å². The van der Waals surface area contributed by atoms with Crippen molar-refractivity contribution >= 4 is 27.3 Å². The fourth-order valence-corrected chi connectivity index (χ4v) is 3.88. The Hall–Kier alpha value is -0.820. The number of ether oxygens (including phenoxy) is 1. The van der Waals surface area contributed by atoms with Crippen LogP contribution in [0.3, 0.4) is 0 Å². The quantitative estimate of drug-likeness (QED) is 0.831. The number of benzene rings is 1. The summed E-state index contributed by atoms with van der Waals surface area (Å²) in [6.07, 6.45) is 1.93. The molecule has 0 radical (unpaired) electrons. The molecule has 0 bridgehead atoms. The Morgan fingerprint density at radius 3 is 2.90 bits per heavy atom. The van der Waals surface area contributed by atoms with Gasteiger partial charge in [-0.25, -0.2) is 13.1 Å². The van der Waals surface area contributed by atoms with Crippen molar-refractivity contribution in [2.24, 2.45) is 5.92 Å². The normalized spacial score (nSPS) is 20.0. The standard InChI is InChI=1S/C13H19ClN2O3S/c1-9-5-11(14)13(6-12(9)15)20(17,18)16-7-10-3-2-4-19-8-10/h5-6,10,16H,2-4,7-8,15H2,1H3. The van der Waals surface area contributed by atoms with Crippen LogP contribution >= 0.6 is 11.6 Å². The molecule has 1 aliphatic rings. The molecule has 1 aromatic rings. The van der Waals surface area contributed by atoms with Gasteiger partial charge in [-0.3, -0.25) is 0 Å². The molecule has 112 valence electrons. The number of rotatable bonds is 4. The van der Waals surface area contributed by atoms with E-state index in [9.17, 15) is 8.42 Å². The lowest BCUT2D eigenvalue weighted by atomic mass is 10.0. The first kappa shape index (κ1) is 15.6. The molecule has 1 aliphatic heterocycles. The number of halogens is 1. The molecule has 7 heteroatoms. The highest BCUT2D eigenvalue weighted by Crippen LogP contribution is 2.26. The van der Waals surface area contributed by atoms with Gasteiger partial charge in [-0.05, 0) is 43.4 Å². The predicted molar refractivity (Wildman–Crippen MR) is 79.3 cm³/mol. The zero-order chi connectivity index (χ0) is 14.8. The molecule has 1 atom stereocenters. The van der Waals surface area contributed by atoms with E-state index in [1.807, 2.05) is 0 Å². The van der Waals surface area contributed by atoms with Crippen molar-refractivity contribution < 1.29 is 13.2 Å². The number of nitrogens with two attached hydrogens (primary N) is 1. The van der Waals surface area contributed by atoms with Gasteiger partial charge in [-0.2, -0.15) is 0 Å². The lowest BCUT2D eigenvalue weighted by Gasteiger charge is -2.22. The third-order valence-electron chi connectivity index (χ3n) is 3.43. The highest BCUT2D eigenvalue weighted by molar-refractivity contribution is 7.89. The topological polar surface area (TPSA) is 81.4 Å². The van der Waals surface area contributed by atoms with Gasteiger partial charge in [0, 0.05) is 18.8 Å². The average molecular weight is 319 g/mol. The molecule has 0 aromatic heterocycles. The highest BCUT2D eigenvalue weighted by Gasteiger charge is 2.22. The molecule has 1 unspecified atom stereocenters. The number of sulfonamides is 1. The Bertz CT molecular complexity index is 584. The number of nitrogens with one attached hydrogen (secondary N) is 1. The minimum absolute atomic E-state index is 0.0268. The Kier molecular flexibility index (Phi) is 4.90. The average Bonchev–Trinajstić information content (AvgIpc) is 2.42. The SMILES string of the molecule is Cc1cc(Cl)c(S(=O)(=O)NCC2CCCOC2)cc1N. The van der Waals surface area contributed by atoms with E-state index in [-0.39, 0.29) is 15.8 Å². The van der Waals surface area contributed by atoms with Gasteiger partial charge in [-0.15, -0.1) is 0 Å². The Labute approximate surface area is 124 Å². The van der Waals surface area contributed by atoms with Crippen LogP contribution < -0.4 is 10.5 Å². The van der Waals surface area contributed by atoms with Crippen LogP contribution in [0, 0.1) is 12.8 Å². The molecule has 5 nitrogen and oxygen atoms in total. The molecule has 1 saturated heterocycles. The van der Waals surface area contributed by atoms with Crippen molar-refractivity contribution in [2.45, 2.75) is 24.7 Å². The minimum atomic E-state index is -3.65. The van der Waals surface area contributed by atoms with E-state index >= 15 is 0 Å². The van der Waals surface area contributed by atoms with Crippen LogP contribution in [0.15, 0.2) is 17.0 Å². The first-order valence-electron chi connectivity index (χ1n) is 6.53. The maximum Gasteiger partial charge on any atom is 0.242 e. The fourth-order valence-electron chi connectivity index (χ4n) is 2.15. The lowest BCUT2D eigenvalue weighted by Crippen LogP contribution is -2.33. The zero-order valence-corrected chi connectivity index (χ0v) is 12.9. The van der Waals surface area contributed by atoms with Crippen LogP contribution in [0.5, 0.6) is 0 Å². The molecule has 0 aliphatic carbocycles. The summed E-state index contributed by atoms with van der Waals surface area (Å²) in [5.74, 6) is 0.208. The van der Waals surface area contributed by atoms with Crippen molar-refractivity contribution in [1.82, 2.24) is 4.72 Å². The maximum absolute atomic E-state index is 12.3. The van der Waals surface area contributed by atoms with Gasteiger partial charge in [-0.1, -0.05) is 11.6 Å². The molecule has 0 spiro atoms. The Balaban J connectivity index is 2.11. The molecule has 1 heterocycles. The Morgan fingerprint density at radius 2 is 2.25 bits per heavy atom. The second-order valence-corrected chi connectivity index (χ2v) is 7.22. The van der Waals surface area contributed by atoms with Gasteiger partial charge in [0.2, 0.25) is 10.0 Å². The van der Waals surface area contributed by atoms with E-state index in [1.54, 1.807) is 13.0 Å². The van der Waals surface area contributed by atoms with E-state index in [4.69, 9.17) is 22.1 Å². The molecule has 20 heavy (non-hydrogen) atoms. The summed E-state index contributed by atoms with van der Waals surface area (Å²) < 4.78 is 32.4. The predicted octanol–water partition coefficient (Wildman–Crippen LogP) is 1.94. The molecule has 1 aromatic carbocycles. The highest BCUT2D eigenvalue weighted by atomic mass is 35.5. The summed E-state index contributed by atoms with van der Waals surface area (Å²) in [7, 11) is -3.65. The zero-order valence-electron chi connectivity index (χ0n) is 11.4. The number of hydrogen-bond acceptors (Lipinski definition) is 4. The summed E-state index contributed by atoms with van der Waals surface area (Å²) in [6, 6.07) is 2.96. The first-order chi connectivity index (χ1) is 9.40.